The minimum absolute atomic E-state index is 0.273. The van der Waals surface area contributed by atoms with Crippen molar-refractivity contribution in [1.82, 2.24) is 9.88 Å². The van der Waals surface area contributed by atoms with Crippen molar-refractivity contribution in [1.29, 1.82) is 0 Å². The lowest BCUT2D eigenvalue weighted by molar-refractivity contribution is -0.138. The maximum Gasteiger partial charge on any atom is 0.251 e. The molecule has 4 rings (SSSR count). The second kappa shape index (κ2) is 11.8. The smallest absolute Gasteiger partial charge is 0.251 e. The number of aliphatic hydroxyl groups is 1. The number of nitrogens with zero attached hydrogens (tertiary/aromatic N) is 3. The highest BCUT2D eigenvalue weighted by Gasteiger charge is 2.26. The lowest BCUT2D eigenvalue weighted by atomic mass is 9.94. The van der Waals surface area contributed by atoms with E-state index in [9.17, 15) is 9.90 Å². The number of aliphatic imine (C=N–C) groups is 1. The molecule has 37 heavy (non-hydrogen) atoms. The number of nitrogens with two attached hydrogens (primary N) is 1. The SMILES string of the molecule is CC(O)C(=O)N1CCN=C(C(=C(N)c2ccncc2)c2ccc(OCc3ccc(C(C)C)cc3)cc2)C1. The number of hydrogen-bond acceptors (Lipinski definition) is 6. The molecule has 7 nitrogen and oxygen atoms in total. The number of pyridine rings is 1. The van der Waals surface area contributed by atoms with Crippen LogP contribution in [0.5, 0.6) is 5.75 Å². The van der Waals surface area contributed by atoms with Crippen LogP contribution in [0.25, 0.3) is 11.3 Å². The number of ether oxygens (including phenoxy) is 1. The van der Waals surface area contributed by atoms with Crippen molar-refractivity contribution in [3.05, 3.63) is 95.3 Å². The Balaban J connectivity index is 1.59. The molecule has 0 spiro atoms. The average molecular weight is 499 g/mol. The first kappa shape index (κ1) is 26.1. The lowest BCUT2D eigenvalue weighted by Gasteiger charge is -2.29. The molecule has 1 unspecified atom stereocenters. The third-order valence-electron chi connectivity index (χ3n) is 6.43. The van der Waals surface area contributed by atoms with Gasteiger partial charge in [-0.2, -0.15) is 0 Å². The summed E-state index contributed by atoms with van der Waals surface area (Å²) in [4.78, 5) is 22.9. The molecule has 3 aromatic rings. The van der Waals surface area contributed by atoms with Crippen molar-refractivity contribution in [2.45, 2.75) is 39.4 Å². The van der Waals surface area contributed by atoms with Gasteiger partial charge >= 0.3 is 0 Å². The Morgan fingerprint density at radius 1 is 1.00 bits per heavy atom. The molecule has 192 valence electrons. The minimum atomic E-state index is -1.07. The van der Waals surface area contributed by atoms with E-state index in [1.807, 2.05) is 36.4 Å². The van der Waals surface area contributed by atoms with E-state index in [2.05, 4.69) is 43.1 Å². The summed E-state index contributed by atoms with van der Waals surface area (Å²) < 4.78 is 6.03. The number of carbonyl (C=O) groups is 1. The van der Waals surface area contributed by atoms with E-state index < -0.39 is 6.10 Å². The van der Waals surface area contributed by atoms with Crippen LogP contribution in [0.15, 0.2) is 78.0 Å². The first-order chi connectivity index (χ1) is 17.8. The van der Waals surface area contributed by atoms with Gasteiger partial charge in [0, 0.05) is 35.8 Å². The highest BCUT2D eigenvalue weighted by molar-refractivity contribution is 6.31. The number of aromatic nitrogens is 1. The van der Waals surface area contributed by atoms with Crippen LogP contribution in [-0.4, -0.2) is 52.3 Å². The van der Waals surface area contributed by atoms with Gasteiger partial charge in [-0.1, -0.05) is 50.2 Å². The van der Waals surface area contributed by atoms with Gasteiger partial charge in [0.05, 0.1) is 18.8 Å². The van der Waals surface area contributed by atoms with E-state index >= 15 is 0 Å². The van der Waals surface area contributed by atoms with Crippen molar-refractivity contribution >= 4 is 22.9 Å². The zero-order chi connectivity index (χ0) is 26.4. The fourth-order valence-electron chi connectivity index (χ4n) is 4.26. The Morgan fingerprint density at radius 3 is 2.30 bits per heavy atom. The molecule has 0 radical (unpaired) electrons. The number of carbonyl (C=O) groups excluding carboxylic acids is 1. The first-order valence-corrected chi connectivity index (χ1v) is 12.6. The summed E-state index contributed by atoms with van der Waals surface area (Å²) in [6, 6.07) is 19.9. The van der Waals surface area contributed by atoms with E-state index in [0.29, 0.717) is 37.0 Å². The molecule has 3 N–H and O–H groups in total. The van der Waals surface area contributed by atoms with Crippen LogP contribution in [-0.2, 0) is 11.4 Å². The zero-order valence-electron chi connectivity index (χ0n) is 21.6. The van der Waals surface area contributed by atoms with Gasteiger partial charge < -0.3 is 20.5 Å². The summed E-state index contributed by atoms with van der Waals surface area (Å²) in [7, 11) is 0. The van der Waals surface area contributed by atoms with Gasteiger partial charge in [-0.15, -0.1) is 0 Å². The Hall–Kier alpha value is -3.97. The highest BCUT2D eigenvalue weighted by atomic mass is 16.5. The molecular formula is C30H34N4O3. The molecule has 1 aromatic heterocycles. The van der Waals surface area contributed by atoms with Gasteiger partial charge in [-0.05, 0) is 53.8 Å². The largest absolute Gasteiger partial charge is 0.489 e. The molecule has 0 saturated carbocycles. The third-order valence-corrected chi connectivity index (χ3v) is 6.43. The Kier molecular flexibility index (Phi) is 8.36. The van der Waals surface area contributed by atoms with Gasteiger partial charge in [0.15, 0.2) is 0 Å². The summed E-state index contributed by atoms with van der Waals surface area (Å²) >= 11 is 0. The first-order valence-electron chi connectivity index (χ1n) is 12.6. The van der Waals surface area contributed by atoms with Gasteiger partial charge in [0.1, 0.15) is 18.5 Å². The van der Waals surface area contributed by atoms with Gasteiger partial charge in [0.25, 0.3) is 5.91 Å². The van der Waals surface area contributed by atoms with Crippen LogP contribution in [0.4, 0.5) is 0 Å². The normalized spacial score (nSPS) is 15.2. The van der Waals surface area contributed by atoms with Crippen molar-refractivity contribution in [2.24, 2.45) is 10.7 Å². The third kappa shape index (κ3) is 6.43. The van der Waals surface area contributed by atoms with Crippen LogP contribution in [0.1, 0.15) is 48.9 Å². The van der Waals surface area contributed by atoms with E-state index in [-0.39, 0.29) is 12.5 Å². The monoisotopic (exact) mass is 498 g/mol. The molecule has 7 heteroatoms. The molecule has 2 aromatic carbocycles. The number of rotatable bonds is 8. The summed E-state index contributed by atoms with van der Waals surface area (Å²) in [6.45, 7) is 7.49. The van der Waals surface area contributed by atoms with Crippen LogP contribution in [0.2, 0.25) is 0 Å². The number of aliphatic hydroxyl groups excluding tert-OH is 1. The zero-order valence-corrected chi connectivity index (χ0v) is 21.6. The average Bonchev–Trinajstić information content (AvgIpc) is 2.93. The minimum Gasteiger partial charge on any atom is -0.489 e. The number of amides is 1. The van der Waals surface area contributed by atoms with Crippen LogP contribution >= 0.6 is 0 Å². The number of hydrogen-bond donors (Lipinski definition) is 2. The Bertz CT molecular complexity index is 1260. The van der Waals surface area contributed by atoms with Crippen molar-refractivity contribution in [3.8, 4) is 5.75 Å². The lowest BCUT2D eigenvalue weighted by Crippen LogP contribution is -2.45. The molecule has 0 fully saturated rings. The standard InChI is InChI=1S/C30H34N4O3/c1-20(2)23-6-4-22(5-7-23)19-37-26-10-8-24(9-11-26)28(29(31)25-12-14-32-15-13-25)27-18-34(17-16-33-27)30(36)21(3)35/h4-15,20-21,35H,16-19,31H2,1-3H3. The molecule has 2 heterocycles. The molecular weight excluding hydrogens is 464 g/mol. The van der Waals surface area contributed by atoms with Gasteiger partial charge in [0.2, 0.25) is 0 Å². The second-order valence-corrected chi connectivity index (χ2v) is 9.50. The van der Waals surface area contributed by atoms with Gasteiger partial charge in [-0.3, -0.25) is 14.8 Å². The van der Waals surface area contributed by atoms with Crippen LogP contribution in [0, 0.1) is 0 Å². The van der Waals surface area contributed by atoms with Gasteiger partial charge in [-0.25, -0.2) is 0 Å². The quantitative estimate of drug-likeness (QED) is 0.483. The van der Waals surface area contributed by atoms with Crippen molar-refractivity contribution in [2.75, 3.05) is 19.6 Å². The summed E-state index contributed by atoms with van der Waals surface area (Å²) in [5, 5.41) is 9.81. The predicted octanol–water partition coefficient (Wildman–Crippen LogP) is 4.28. The highest BCUT2D eigenvalue weighted by Crippen LogP contribution is 2.28. The van der Waals surface area contributed by atoms with Crippen LogP contribution < -0.4 is 10.5 Å². The van der Waals surface area contributed by atoms with E-state index in [4.69, 9.17) is 15.5 Å². The van der Waals surface area contributed by atoms with Crippen LogP contribution in [0.3, 0.4) is 0 Å². The van der Waals surface area contributed by atoms with E-state index in [0.717, 1.165) is 28.0 Å². The molecule has 1 aliphatic rings. The maximum absolute atomic E-state index is 12.5. The molecule has 0 aliphatic carbocycles. The van der Waals surface area contributed by atoms with E-state index in [1.54, 1.807) is 17.3 Å². The molecule has 1 aliphatic heterocycles. The second-order valence-electron chi connectivity index (χ2n) is 9.50. The summed E-state index contributed by atoms with van der Waals surface area (Å²) in [5.41, 5.74) is 12.8. The topological polar surface area (TPSA) is 101 Å². The maximum atomic E-state index is 12.5. The molecule has 0 saturated heterocycles. The molecule has 1 amide bonds. The van der Waals surface area contributed by atoms with Crippen molar-refractivity contribution < 1.29 is 14.6 Å². The molecule has 1 atom stereocenters. The Morgan fingerprint density at radius 2 is 1.68 bits per heavy atom. The van der Waals surface area contributed by atoms with Crippen molar-refractivity contribution in [3.63, 3.8) is 0 Å². The summed E-state index contributed by atoms with van der Waals surface area (Å²) in [5.74, 6) is 0.921. The fourth-order valence-corrected chi connectivity index (χ4v) is 4.26. The predicted molar refractivity (Wildman–Crippen MR) is 147 cm³/mol. The van der Waals surface area contributed by atoms with E-state index in [1.165, 1.54) is 12.5 Å². The Labute approximate surface area is 218 Å². The fraction of sp³-hybridized carbons (Fsp3) is 0.300. The summed E-state index contributed by atoms with van der Waals surface area (Å²) in [6.07, 6.45) is 2.31. The molecule has 0 bridgehead atoms. The number of benzene rings is 2.